The molecule has 0 aliphatic heterocycles. The first-order valence-corrected chi connectivity index (χ1v) is 10.2. The van der Waals surface area contributed by atoms with Crippen molar-refractivity contribution in [2.75, 3.05) is 13.7 Å². The molecule has 9 heteroatoms. The van der Waals surface area contributed by atoms with Crippen molar-refractivity contribution in [2.24, 2.45) is 5.92 Å². The Kier molecular flexibility index (Phi) is 10.2. The zero-order valence-corrected chi connectivity index (χ0v) is 18.9. The molecule has 1 aromatic rings. The van der Waals surface area contributed by atoms with E-state index in [-0.39, 0.29) is 19.1 Å². The maximum Gasteiger partial charge on any atom is 0.408 e. The van der Waals surface area contributed by atoms with E-state index >= 15 is 0 Å². The predicted molar refractivity (Wildman–Crippen MR) is 118 cm³/mol. The molecule has 8 nitrogen and oxygen atoms in total. The standard InChI is InChI=1S/C21H31N3O5S/c1-6-14(2)17(23-20(27)29-13-15-10-8-7-9-11-15)18(30)24-21(3,4)19(26)22-12-16(25)28-5/h7-11,14,17H,6,12-13H2,1-5H3,(H,22,26)(H,23,27)(H,24,30)/t14?,17-/m0/s1. The van der Waals surface area contributed by atoms with Crippen molar-refractivity contribution in [1.82, 2.24) is 16.0 Å². The number of esters is 1. The lowest BCUT2D eigenvalue weighted by molar-refractivity contribution is -0.141. The summed E-state index contributed by atoms with van der Waals surface area (Å²) in [6.45, 7) is 7.08. The summed E-state index contributed by atoms with van der Waals surface area (Å²) in [7, 11) is 1.24. The summed E-state index contributed by atoms with van der Waals surface area (Å²) in [5, 5.41) is 8.27. The highest BCUT2D eigenvalue weighted by atomic mass is 32.1. The van der Waals surface area contributed by atoms with E-state index in [4.69, 9.17) is 17.0 Å². The number of hydrogen-bond acceptors (Lipinski definition) is 6. The molecule has 2 atom stereocenters. The quantitative estimate of drug-likeness (QED) is 0.381. The maximum atomic E-state index is 12.4. The molecule has 0 saturated heterocycles. The average Bonchev–Trinajstić information content (AvgIpc) is 2.73. The molecular formula is C21H31N3O5S. The van der Waals surface area contributed by atoms with Gasteiger partial charge >= 0.3 is 12.1 Å². The summed E-state index contributed by atoms with van der Waals surface area (Å²) in [5.74, 6) is -0.977. The fourth-order valence-electron chi connectivity index (χ4n) is 2.48. The number of alkyl carbamates (subject to hydrolysis) is 1. The monoisotopic (exact) mass is 437 g/mol. The van der Waals surface area contributed by atoms with Gasteiger partial charge in [-0.1, -0.05) is 62.8 Å². The number of carbonyl (C=O) groups excluding carboxylic acids is 3. The van der Waals surface area contributed by atoms with E-state index < -0.39 is 29.6 Å². The van der Waals surface area contributed by atoms with Crippen LogP contribution in [0.25, 0.3) is 0 Å². The van der Waals surface area contributed by atoms with Gasteiger partial charge in [0.05, 0.1) is 18.1 Å². The molecular weight excluding hydrogens is 406 g/mol. The summed E-state index contributed by atoms with van der Waals surface area (Å²) in [4.78, 5) is 36.3. The van der Waals surface area contributed by atoms with E-state index in [0.29, 0.717) is 4.99 Å². The van der Waals surface area contributed by atoms with Gasteiger partial charge in [-0.15, -0.1) is 0 Å². The fourth-order valence-corrected chi connectivity index (χ4v) is 3.03. The van der Waals surface area contributed by atoms with Crippen LogP contribution < -0.4 is 16.0 Å². The van der Waals surface area contributed by atoms with Gasteiger partial charge in [0, 0.05) is 0 Å². The van der Waals surface area contributed by atoms with Crippen molar-refractivity contribution in [1.29, 1.82) is 0 Å². The molecule has 30 heavy (non-hydrogen) atoms. The molecule has 0 aliphatic rings. The SMILES string of the molecule is CCC(C)[C@H](NC(=O)OCc1ccccc1)C(=S)NC(C)(C)C(=O)NCC(=O)OC. The first kappa shape index (κ1) is 25.4. The van der Waals surface area contributed by atoms with E-state index in [1.807, 2.05) is 44.2 Å². The van der Waals surface area contributed by atoms with Crippen LogP contribution in [-0.2, 0) is 25.7 Å². The molecule has 0 fully saturated rings. The molecule has 0 bridgehead atoms. The minimum absolute atomic E-state index is 0.00297. The molecule has 0 saturated carbocycles. The molecule has 1 unspecified atom stereocenters. The Morgan fingerprint density at radius 2 is 1.80 bits per heavy atom. The van der Waals surface area contributed by atoms with Crippen LogP contribution >= 0.6 is 12.2 Å². The predicted octanol–water partition coefficient (Wildman–Crippen LogP) is 2.31. The van der Waals surface area contributed by atoms with Crippen molar-refractivity contribution in [3.63, 3.8) is 0 Å². The second-order valence-electron chi connectivity index (χ2n) is 7.44. The van der Waals surface area contributed by atoms with Gasteiger partial charge in [0.15, 0.2) is 0 Å². The number of amides is 2. The number of benzene rings is 1. The first-order chi connectivity index (χ1) is 14.1. The molecule has 0 heterocycles. The maximum absolute atomic E-state index is 12.4. The minimum Gasteiger partial charge on any atom is -0.468 e. The largest absolute Gasteiger partial charge is 0.468 e. The molecule has 3 N–H and O–H groups in total. The first-order valence-electron chi connectivity index (χ1n) is 9.75. The second kappa shape index (κ2) is 12.1. The van der Waals surface area contributed by atoms with Crippen LogP contribution in [0.2, 0.25) is 0 Å². The van der Waals surface area contributed by atoms with Gasteiger partial charge in [-0.3, -0.25) is 9.59 Å². The third-order valence-electron chi connectivity index (χ3n) is 4.61. The van der Waals surface area contributed by atoms with Crippen LogP contribution in [0, 0.1) is 5.92 Å². The van der Waals surface area contributed by atoms with Crippen molar-refractivity contribution in [3.8, 4) is 0 Å². The molecule has 0 aromatic heterocycles. The van der Waals surface area contributed by atoms with Gasteiger partial charge in [0.1, 0.15) is 18.7 Å². The lowest BCUT2D eigenvalue weighted by atomic mass is 9.97. The third-order valence-corrected chi connectivity index (χ3v) is 4.96. The Bertz CT molecular complexity index is 739. The van der Waals surface area contributed by atoms with Crippen LogP contribution in [-0.4, -0.2) is 48.2 Å². The van der Waals surface area contributed by atoms with Gasteiger partial charge in [-0.2, -0.15) is 0 Å². The number of methoxy groups -OCH3 is 1. The molecule has 1 aromatic carbocycles. The molecule has 0 spiro atoms. The number of rotatable bonds is 10. The number of thiocarbonyl (C=S) groups is 1. The Morgan fingerprint density at radius 3 is 2.37 bits per heavy atom. The highest BCUT2D eigenvalue weighted by molar-refractivity contribution is 7.80. The Balaban J connectivity index is 2.72. The fraction of sp³-hybridized carbons (Fsp3) is 0.524. The number of hydrogen-bond donors (Lipinski definition) is 3. The van der Waals surface area contributed by atoms with Crippen molar-refractivity contribution >= 4 is 35.2 Å². The van der Waals surface area contributed by atoms with Gasteiger partial charge in [0.25, 0.3) is 0 Å². The van der Waals surface area contributed by atoms with Gasteiger partial charge in [0.2, 0.25) is 5.91 Å². The second-order valence-corrected chi connectivity index (χ2v) is 7.88. The topological polar surface area (TPSA) is 106 Å². The van der Waals surface area contributed by atoms with E-state index in [2.05, 4.69) is 20.7 Å². The molecule has 166 valence electrons. The summed E-state index contributed by atoms with van der Waals surface area (Å²) < 4.78 is 9.81. The zero-order chi connectivity index (χ0) is 22.7. The highest BCUT2D eigenvalue weighted by Crippen LogP contribution is 2.13. The Labute approximate surface area is 183 Å². The third kappa shape index (κ3) is 8.36. The molecule has 0 radical (unpaired) electrons. The van der Waals surface area contributed by atoms with Crippen molar-refractivity contribution < 1.29 is 23.9 Å². The van der Waals surface area contributed by atoms with Crippen molar-refractivity contribution in [2.45, 2.75) is 52.3 Å². The molecule has 0 aliphatic carbocycles. The minimum atomic E-state index is -1.10. The summed E-state index contributed by atoms with van der Waals surface area (Å²) in [6, 6.07) is 8.81. The van der Waals surface area contributed by atoms with Gasteiger partial charge in [-0.25, -0.2) is 4.79 Å². The molecule has 2 amide bonds. The Morgan fingerprint density at radius 1 is 1.17 bits per heavy atom. The van der Waals surface area contributed by atoms with Crippen LogP contribution in [0.4, 0.5) is 4.79 Å². The average molecular weight is 438 g/mol. The van der Waals surface area contributed by atoms with Crippen molar-refractivity contribution in [3.05, 3.63) is 35.9 Å². The van der Waals surface area contributed by atoms with Crippen LogP contribution in [0.1, 0.15) is 39.7 Å². The zero-order valence-electron chi connectivity index (χ0n) is 18.1. The van der Waals surface area contributed by atoms with Gasteiger partial charge in [-0.05, 0) is 25.3 Å². The van der Waals surface area contributed by atoms with E-state index in [0.717, 1.165) is 12.0 Å². The van der Waals surface area contributed by atoms with E-state index in [1.165, 1.54) is 7.11 Å². The van der Waals surface area contributed by atoms with Crippen LogP contribution in [0.15, 0.2) is 30.3 Å². The summed E-state index contributed by atoms with van der Waals surface area (Å²) in [6.07, 6.45) is 0.154. The highest BCUT2D eigenvalue weighted by Gasteiger charge is 2.32. The molecule has 1 rings (SSSR count). The number of carbonyl (C=O) groups is 3. The number of nitrogens with one attached hydrogen (secondary N) is 3. The summed E-state index contributed by atoms with van der Waals surface area (Å²) >= 11 is 5.49. The normalized spacial score (nSPS) is 12.8. The lowest BCUT2D eigenvalue weighted by Gasteiger charge is -2.32. The Hall–Kier alpha value is -2.68. The van der Waals surface area contributed by atoms with E-state index in [9.17, 15) is 14.4 Å². The summed E-state index contributed by atoms with van der Waals surface area (Å²) in [5.41, 5.74) is -0.233. The number of ether oxygens (including phenoxy) is 2. The van der Waals surface area contributed by atoms with E-state index in [1.54, 1.807) is 13.8 Å². The van der Waals surface area contributed by atoms with Crippen LogP contribution in [0.5, 0.6) is 0 Å². The lowest BCUT2D eigenvalue weighted by Crippen LogP contribution is -2.60. The van der Waals surface area contributed by atoms with Crippen LogP contribution in [0.3, 0.4) is 0 Å². The van der Waals surface area contributed by atoms with Gasteiger partial charge < -0.3 is 25.4 Å². The smallest absolute Gasteiger partial charge is 0.408 e.